The van der Waals surface area contributed by atoms with Crippen LogP contribution in [-0.2, 0) is 0 Å². The van der Waals surface area contributed by atoms with Crippen LogP contribution >= 0.6 is 0 Å². The number of aromatic nitrogens is 6. The van der Waals surface area contributed by atoms with E-state index < -0.39 is 56.1 Å². The lowest BCUT2D eigenvalue weighted by Crippen LogP contribution is -2.33. The first kappa shape index (κ1) is 18.9. The number of aromatic amines is 4. The van der Waals surface area contributed by atoms with E-state index in [1.54, 1.807) is 0 Å². The fourth-order valence-corrected chi connectivity index (χ4v) is 3.55. The molecule has 0 bridgehead atoms. The topological polar surface area (TPSA) is 210 Å². The van der Waals surface area contributed by atoms with Gasteiger partial charge in [-0.25, -0.2) is 18.7 Å². The number of rotatable bonds is 2. The summed E-state index contributed by atoms with van der Waals surface area (Å²) >= 11 is 0. The van der Waals surface area contributed by atoms with Gasteiger partial charge in [-0.05, 0) is 12.1 Å². The van der Waals surface area contributed by atoms with Gasteiger partial charge in [0.15, 0.2) is 0 Å². The molecular weight excluding hydrogens is 428 g/mol. The summed E-state index contributed by atoms with van der Waals surface area (Å²) in [6, 6.07) is 2.04. The van der Waals surface area contributed by atoms with Crippen molar-refractivity contribution in [1.82, 2.24) is 29.1 Å². The zero-order chi connectivity index (χ0) is 22.9. The number of hydrogen-bond acceptors (Lipinski definition) is 8. The first-order chi connectivity index (χ1) is 15.2. The van der Waals surface area contributed by atoms with E-state index in [9.17, 15) is 38.4 Å². The molecule has 14 nitrogen and oxygen atoms in total. The number of nitrogens with one attached hydrogen (secondary N) is 4. The second-order valence-corrected chi connectivity index (χ2v) is 6.75. The minimum atomic E-state index is -0.994. The monoisotopic (exact) mass is 436 g/mol. The highest BCUT2D eigenvalue weighted by Gasteiger charge is 2.22. The third-order valence-electron chi connectivity index (χ3n) is 4.97. The first-order valence-electron chi connectivity index (χ1n) is 8.78. The third kappa shape index (κ3) is 2.40. The summed E-state index contributed by atoms with van der Waals surface area (Å²) in [7, 11) is 0. The molecule has 4 N–H and O–H groups in total. The summed E-state index contributed by atoms with van der Waals surface area (Å²) in [5.74, 6) is 0. The molecule has 1 aromatic carbocycles. The molecule has 14 heteroatoms. The van der Waals surface area contributed by atoms with Crippen molar-refractivity contribution in [3.05, 3.63) is 108 Å². The van der Waals surface area contributed by atoms with Gasteiger partial charge in [0.2, 0.25) is 0 Å². The summed E-state index contributed by atoms with van der Waals surface area (Å²) in [6.45, 7) is 0. The van der Waals surface area contributed by atoms with E-state index in [0.717, 1.165) is 24.5 Å². The zero-order valence-electron chi connectivity index (χ0n) is 15.5. The lowest BCUT2D eigenvalue weighted by atomic mass is 10.1. The predicted octanol–water partition coefficient (Wildman–Crippen LogP) is -3.36. The van der Waals surface area contributed by atoms with Crippen LogP contribution in [0.15, 0.2) is 62.9 Å². The van der Waals surface area contributed by atoms with Gasteiger partial charge in [0.25, 0.3) is 33.4 Å². The Bertz CT molecular complexity index is 1830. The van der Waals surface area contributed by atoms with Gasteiger partial charge in [-0.15, -0.1) is 0 Å². The van der Waals surface area contributed by atoms with Crippen LogP contribution in [0.2, 0.25) is 0 Å². The molecular formula is C18H8N6O8. The van der Waals surface area contributed by atoms with E-state index in [1.807, 2.05) is 9.97 Å². The molecule has 32 heavy (non-hydrogen) atoms. The maximum atomic E-state index is 12.8. The molecule has 0 saturated heterocycles. The van der Waals surface area contributed by atoms with Crippen molar-refractivity contribution < 1.29 is 0 Å². The van der Waals surface area contributed by atoms with E-state index >= 15 is 0 Å². The summed E-state index contributed by atoms with van der Waals surface area (Å²) in [5, 5.41) is -1.01. The molecule has 4 aromatic heterocycles. The Labute approximate surface area is 170 Å². The highest BCUT2D eigenvalue weighted by molar-refractivity contribution is 5.98. The summed E-state index contributed by atoms with van der Waals surface area (Å²) in [6.07, 6.45) is 1.77. The minimum absolute atomic E-state index is 0.252. The second kappa shape index (κ2) is 6.18. The maximum absolute atomic E-state index is 12.8. The Hall–Kier alpha value is -5.14. The highest BCUT2D eigenvalue weighted by atomic mass is 16.2. The Kier molecular flexibility index (Phi) is 3.64. The standard InChI is InChI=1S/C18H8N6O8/c25-11-9(3-19-17(31)21-11)23-13(27)5-1-6-8(2-7(5)15(23)29)16(30)24(14(6)28)10-4-20-18(32)22-12(10)26/h1-4H,(H2,19,21,25,31)(H2,20,22,26,32). The van der Waals surface area contributed by atoms with Crippen LogP contribution in [0.1, 0.15) is 0 Å². The van der Waals surface area contributed by atoms with Crippen LogP contribution < -0.4 is 44.7 Å². The van der Waals surface area contributed by atoms with Gasteiger partial charge < -0.3 is 9.97 Å². The Balaban J connectivity index is 1.89. The number of nitrogens with zero attached hydrogens (tertiary/aromatic N) is 2. The van der Waals surface area contributed by atoms with Gasteiger partial charge >= 0.3 is 11.4 Å². The van der Waals surface area contributed by atoms with Crippen LogP contribution in [0.3, 0.4) is 0 Å². The smallest absolute Gasteiger partial charge is 0.312 e. The largest absolute Gasteiger partial charge is 0.325 e. The average molecular weight is 436 g/mol. The predicted molar refractivity (Wildman–Crippen MR) is 110 cm³/mol. The molecule has 0 spiro atoms. The van der Waals surface area contributed by atoms with Crippen molar-refractivity contribution in [3.8, 4) is 11.4 Å². The molecule has 0 radical (unpaired) electrons. The van der Waals surface area contributed by atoms with E-state index in [2.05, 4.69) is 9.97 Å². The van der Waals surface area contributed by atoms with Crippen molar-refractivity contribution in [1.29, 1.82) is 0 Å². The molecule has 0 amide bonds. The van der Waals surface area contributed by atoms with Gasteiger partial charge in [-0.1, -0.05) is 0 Å². The van der Waals surface area contributed by atoms with Crippen molar-refractivity contribution in [2.45, 2.75) is 0 Å². The molecule has 4 heterocycles. The fourth-order valence-electron chi connectivity index (χ4n) is 3.55. The third-order valence-corrected chi connectivity index (χ3v) is 4.97. The van der Waals surface area contributed by atoms with Gasteiger partial charge in [0.1, 0.15) is 11.4 Å². The van der Waals surface area contributed by atoms with Crippen molar-refractivity contribution in [2.24, 2.45) is 0 Å². The lowest BCUT2D eigenvalue weighted by Gasteiger charge is -1.97. The number of fused-ring (bicyclic) bond motifs is 2. The van der Waals surface area contributed by atoms with E-state index in [1.165, 1.54) is 0 Å². The first-order valence-corrected chi connectivity index (χ1v) is 8.78. The maximum Gasteiger partial charge on any atom is 0.325 e. The van der Waals surface area contributed by atoms with Crippen LogP contribution in [0.4, 0.5) is 0 Å². The molecule has 0 aliphatic heterocycles. The molecule has 0 unspecified atom stereocenters. The van der Waals surface area contributed by atoms with Crippen molar-refractivity contribution >= 4 is 21.5 Å². The molecule has 0 atom stereocenters. The van der Waals surface area contributed by atoms with Gasteiger partial charge in [-0.2, -0.15) is 0 Å². The quantitative estimate of drug-likeness (QED) is 0.219. The summed E-state index contributed by atoms with van der Waals surface area (Å²) in [5.41, 5.74) is -8.39. The highest BCUT2D eigenvalue weighted by Crippen LogP contribution is 2.15. The average Bonchev–Trinajstić information content (AvgIpc) is 3.12. The van der Waals surface area contributed by atoms with Gasteiger partial charge in [-0.3, -0.25) is 38.7 Å². The van der Waals surface area contributed by atoms with Crippen molar-refractivity contribution in [2.75, 3.05) is 0 Å². The molecule has 5 aromatic rings. The zero-order valence-corrected chi connectivity index (χ0v) is 15.5. The summed E-state index contributed by atoms with van der Waals surface area (Å²) in [4.78, 5) is 106. The molecule has 158 valence electrons. The number of hydrogen-bond donors (Lipinski definition) is 4. The Morgan fingerprint density at radius 1 is 0.500 bits per heavy atom. The van der Waals surface area contributed by atoms with Gasteiger partial charge in [0.05, 0.1) is 21.5 Å². The SMILES string of the molecule is O=c1[nH]cc(-n2c(=O)c3cc4c(=O)n(-c5c[nH]c(=O)[nH]c5=O)c(=O)c4cc3c2=O)c(=O)[nH]1. The van der Waals surface area contributed by atoms with E-state index in [0.29, 0.717) is 9.13 Å². The molecule has 0 saturated carbocycles. The van der Waals surface area contributed by atoms with Crippen LogP contribution in [0.5, 0.6) is 0 Å². The second-order valence-electron chi connectivity index (χ2n) is 6.75. The molecule has 5 rings (SSSR count). The fraction of sp³-hybridized carbons (Fsp3) is 0. The Morgan fingerprint density at radius 3 is 1.09 bits per heavy atom. The summed E-state index contributed by atoms with van der Waals surface area (Å²) < 4.78 is 1.02. The van der Waals surface area contributed by atoms with Gasteiger partial charge in [0, 0.05) is 12.4 Å². The number of H-pyrrole nitrogens is 4. The molecule has 0 aliphatic carbocycles. The van der Waals surface area contributed by atoms with Crippen LogP contribution in [-0.4, -0.2) is 29.1 Å². The van der Waals surface area contributed by atoms with Crippen LogP contribution in [0.25, 0.3) is 32.9 Å². The lowest BCUT2D eigenvalue weighted by molar-refractivity contribution is 0.914. The molecule has 0 fully saturated rings. The van der Waals surface area contributed by atoms with E-state index in [4.69, 9.17) is 0 Å². The normalized spacial score (nSPS) is 11.5. The van der Waals surface area contributed by atoms with Crippen LogP contribution in [0, 0.1) is 0 Å². The Morgan fingerprint density at radius 2 is 0.812 bits per heavy atom. The molecule has 0 aliphatic rings. The van der Waals surface area contributed by atoms with Crippen molar-refractivity contribution in [3.63, 3.8) is 0 Å². The number of benzene rings is 1. The van der Waals surface area contributed by atoms with E-state index in [-0.39, 0.29) is 21.5 Å². The minimum Gasteiger partial charge on any atom is -0.312 e.